The summed E-state index contributed by atoms with van der Waals surface area (Å²) >= 11 is 1.29. The van der Waals surface area contributed by atoms with Gasteiger partial charge in [-0.2, -0.15) is 0 Å². The molecule has 2 amide bonds. The Balaban J connectivity index is 1.33. The molecule has 0 atom stereocenters. The van der Waals surface area contributed by atoms with Crippen molar-refractivity contribution in [2.45, 2.75) is 13.3 Å². The first-order valence-corrected chi connectivity index (χ1v) is 9.77. The molecule has 1 aromatic carbocycles. The molecule has 27 heavy (non-hydrogen) atoms. The molecule has 2 aromatic heterocycles. The Morgan fingerprint density at radius 2 is 1.81 bits per heavy atom. The van der Waals surface area contributed by atoms with Gasteiger partial charge >= 0.3 is 0 Å². The van der Waals surface area contributed by atoms with Crippen LogP contribution in [-0.2, 0) is 16.0 Å². The Morgan fingerprint density at radius 1 is 1.04 bits per heavy atom. The second-order valence-electron chi connectivity index (χ2n) is 6.05. The number of anilines is 1. The summed E-state index contributed by atoms with van der Waals surface area (Å²) < 4.78 is 1.90. The number of thioether (sulfide) groups is 1. The van der Waals surface area contributed by atoms with Crippen LogP contribution >= 0.6 is 11.8 Å². The maximum Gasteiger partial charge on any atom is 0.234 e. The first-order chi connectivity index (χ1) is 13.1. The molecule has 0 saturated heterocycles. The van der Waals surface area contributed by atoms with Crippen molar-refractivity contribution in [1.82, 2.24) is 19.9 Å². The smallest absolute Gasteiger partial charge is 0.234 e. The van der Waals surface area contributed by atoms with Gasteiger partial charge in [0.15, 0.2) is 5.65 Å². The standard InChI is InChI=1S/C19H21N5O2S/c1-14-5-7-15(8-6-14)21-19(26)13-27-12-18(25)20-10-9-17-23-22-16-4-2-3-11-24(16)17/h2-8,11H,9-10,12-13H2,1H3,(H,20,25)(H,21,26). The maximum absolute atomic E-state index is 11.9. The lowest BCUT2D eigenvalue weighted by molar-refractivity contribution is -0.118. The summed E-state index contributed by atoms with van der Waals surface area (Å²) in [4.78, 5) is 23.8. The lowest BCUT2D eigenvalue weighted by atomic mass is 10.2. The molecule has 7 nitrogen and oxygen atoms in total. The van der Waals surface area contributed by atoms with Crippen molar-refractivity contribution in [3.8, 4) is 0 Å². The molecular weight excluding hydrogens is 362 g/mol. The van der Waals surface area contributed by atoms with Gasteiger partial charge in [0.25, 0.3) is 0 Å². The number of hydrogen-bond acceptors (Lipinski definition) is 5. The van der Waals surface area contributed by atoms with Gasteiger partial charge in [0.1, 0.15) is 5.82 Å². The number of nitrogens with one attached hydrogen (secondary N) is 2. The van der Waals surface area contributed by atoms with Gasteiger partial charge in [-0.1, -0.05) is 23.8 Å². The van der Waals surface area contributed by atoms with Crippen LogP contribution in [0.3, 0.4) is 0 Å². The molecule has 0 unspecified atom stereocenters. The van der Waals surface area contributed by atoms with Gasteiger partial charge in [-0.25, -0.2) is 0 Å². The van der Waals surface area contributed by atoms with E-state index in [1.165, 1.54) is 11.8 Å². The monoisotopic (exact) mass is 383 g/mol. The van der Waals surface area contributed by atoms with Crippen LogP contribution in [0, 0.1) is 6.92 Å². The van der Waals surface area contributed by atoms with Crippen LogP contribution in [0.5, 0.6) is 0 Å². The Morgan fingerprint density at radius 3 is 2.63 bits per heavy atom. The van der Waals surface area contributed by atoms with Crippen LogP contribution in [0.25, 0.3) is 5.65 Å². The van der Waals surface area contributed by atoms with E-state index >= 15 is 0 Å². The van der Waals surface area contributed by atoms with Crippen LogP contribution in [0.2, 0.25) is 0 Å². The maximum atomic E-state index is 11.9. The average molecular weight is 383 g/mol. The molecule has 0 radical (unpaired) electrons. The molecule has 0 spiro atoms. The molecule has 3 rings (SSSR count). The number of aromatic nitrogens is 3. The van der Waals surface area contributed by atoms with E-state index < -0.39 is 0 Å². The van der Waals surface area contributed by atoms with Gasteiger partial charge in [-0.05, 0) is 31.2 Å². The van der Waals surface area contributed by atoms with Crippen LogP contribution in [0.4, 0.5) is 5.69 Å². The van der Waals surface area contributed by atoms with Crippen LogP contribution < -0.4 is 10.6 Å². The van der Waals surface area contributed by atoms with Crippen molar-refractivity contribution < 1.29 is 9.59 Å². The molecule has 3 aromatic rings. The predicted molar refractivity (Wildman–Crippen MR) is 107 cm³/mol. The van der Waals surface area contributed by atoms with E-state index in [0.717, 1.165) is 22.7 Å². The number of carbonyl (C=O) groups excluding carboxylic acids is 2. The summed E-state index contributed by atoms with van der Waals surface area (Å²) in [6.45, 7) is 2.47. The third-order valence-electron chi connectivity index (χ3n) is 3.86. The molecule has 0 aliphatic rings. The number of amides is 2. The fourth-order valence-corrected chi connectivity index (χ4v) is 3.14. The number of pyridine rings is 1. The first-order valence-electron chi connectivity index (χ1n) is 8.61. The van der Waals surface area contributed by atoms with E-state index in [0.29, 0.717) is 13.0 Å². The van der Waals surface area contributed by atoms with Crippen molar-refractivity contribution in [1.29, 1.82) is 0 Å². The van der Waals surface area contributed by atoms with E-state index in [1.54, 1.807) is 0 Å². The molecule has 0 fully saturated rings. The zero-order valence-electron chi connectivity index (χ0n) is 15.0. The highest BCUT2D eigenvalue weighted by Crippen LogP contribution is 2.09. The SMILES string of the molecule is Cc1ccc(NC(=O)CSCC(=O)NCCc2nnc3ccccn23)cc1. The van der Waals surface area contributed by atoms with Crippen LogP contribution in [-0.4, -0.2) is 44.5 Å². The molecule has 2 heterocycles. The normalized spacial score (nSPS) is 10.7. The Hall–Kier alpha value is -2.87. The molecular formula is C19H21N5O2S. The molecule has 2 N–H and O–H groups in total. The number of aryl methyl sites for hydroxylation is 1. The van der Waals surface area contributed by atoms with E-state index in [2.05, 4.69) is 20.8 Å². The lowest BCUT2D eigenvalue weighted by Crippen LogP contribution is -2.28. The van der Waals surface area contributed by atoms with Gasteiger partial charge < -0.3 is 10.6 Å². The minimum absolute atomic E-state index is 0.100. The lowest BCUT2D eigenvalue weighted by Gasteiger charge is -2.06. The highest BCUT2D eigenvalue weighted by atomic mass is 32.2. The van der Waals surface area contributed by atoms with Crippen molar-refractivity contribution in [3.05, 3.63) is 60.0 Å². The van der Waals surface area contributed by atoms with Crippen LogP contribution in [0.1, 0.15) is 11.4 Å². The molecule has 0 aliphatic heterocycles. The van der Waals surface area contributed by atoms with E-state index in [9.17, 15) is 9.59 Å². The highest BCUT2D eigenvalue weighted by molar-refractivity contribution is 8.00. The van der Waals surface area contributed by atoms with E-state index in [1.807, 2.05) is 60.0 Å². The van der Waals surface area contributed by atoms with Crippen molar-refractivity contribution in [3.63, 3.8) is 0 Å². The molecule has 0 saturated carbocycles. The summed E-state index contributed by atoms with van der Waals surface area (Å²) in [6, 6.07) is 13.3. The van der Waals surface area contributed by atoms with Gasteiger partial charge in [0.05, 0.1) is 11.5 Å². The van der Waals surface area contributed by atoms with Crippen molar-refractivity contribution in [2.75, 3.05) is 23.4 Å². The summed E-state index contributed by atoms with van der Waals surface area (Å²) in [6.07, 6.45) is 2.49. The predicted octanol–water partition coefficient (Wildman–Crippen LogP) is 2.07. The number of hydrogen-bond donors (Lipinski definition) is 2. The second kappa shape index (κ2) is 9.18. The van der Waals surface area contributed by atoms with Gasteiger partial charge in [-0.15, -0.1) is 22.0 Å². The Kier molecular flexibility index (Phi) is 6.43. The fourth-order valence-electron chi connectivity index (χ4n) is 2.50. The minimum Gasteiger partial charge on any atom is -0.355 e. The Bertz CT molecular complexity index is 923. The minimum atomic E-state index is -0.119. The molecule has 0 bridgehead atoms. The molecule has 140 valence electrons. The fraction of sp³-hybridized carbons (Fsp3) is 0.263. The van der Waals surface area contributed by atoms with Gasteiger partial charge in [-0.3, -0.25) is 14.0 Å². The van der Waals surface area contributed by atoms with Gasteiger partial charge in [0, 0.05) is 24.8 Å². The summed E-state index contributed by atoms with van der Waals surface area (Å²) in [5.41, 5.74) is 2.68. The molecule has 0 aliphatic carbocycles. The summed E-state index contributed by atoms with van der Waals surface area (Å²) in [5.74, 6) is 1.05. The van der Waals surface area contributed by atoms with Crippen LogP contribution in [0.15, 0.2) is 48.7 Å². The largest absolute Gasteiger partial charge is 0.355 e. The summed E-state index contributed by atoms with van der Waals surface area (Å²) in [5, 5.41) is 13.9. The number of rotatable bonds is 8. The number of benzene rings is 1. The highest BCUT2D eigenvalue weighted by Gasteiger charge is 2.08. The summed E-state index contributed by atoms with van der Waals surface area (Å²) in [7, 11) is 0. The number of carbonyl (C=O) groups is 2. The zero-order valence-corrected chi connectivity index (χ0v) is 15.8. The average Bonchev–Trinajstić information content (AvgIpc) is 3.07. The Labute approximate surface area is 161 Å². The topological polar surface area (TPSA) is 88.4 Å². The second-order valence-corrected chi connectivity index (χ2v) is 7.04. The van der Waals surface area contributed by atoms with Crippen molar-refractivity contribution in [2.24, 2.45) is 0 Å². The third kappa shape index (κ3) is 5.55. The van der Waals surface area contributed by atoms with Gasteiger partial charge in [0.2, 0.25) is 11.8 Å². The zero-order chi connectivity index (χ0) is 19.1. The third-order valence-corrected chi connectivity index (χ3v) is 4.79. The first kappa shape index (κ1) is 18.9. The number of fused-ring (bicyclic) bond motifs is 1. The quantitative estimate of drug-likeness (QED) is 0.622. The van der Waals surface area contributed by atoms with Crippen molar-refractivity contribution >= 4 is 34.9 Å². The number of nitrogens with zero attached hydrogens (tertiary/aromatic N) is 3. The van der Waals surface area contributed by atoms with E-state index in [-0.39, 0.29) is 23.3 Å². The molecule has 8 heteroatoms. The van der Waals surface area contributed by atoms with E-state index in [4.69, 9.17) is 0 Å².